The van der Waals surface area contributed by atoms with Crippen LogP contribution in [0.1, 0.15) is 65.2 Å². The average Bonchev–Trinajstić information content (AvgIpc) is 2.83. The highest BCUT2D eigenvalue weighted by atomic mass is 16.3. The zero-order valence-electron chi connectivity index (χ0n) is 13.6. The van der Waals surface area contributed by atoms with Crippen LogP contribution in [0.3, 0.4) is 0 Å². The lowest BCUT2D eigenvalue weighted by Crippen LogP contribution is -2.45. The number of rotatable bonds is 0. The van der Waals surface area contributed by atoms with E-state index >= 15 is 0 Å². The van der Waals surface area contributed by atoms with Gasteiger partial charge in [-0.05, 0) is 87.4 Å². The van der Waals surface area contributed by atoms with Crippen LogP contribution in [0.2, 0.25) is 0 Å². The van der Waals surface area contributed by atoms with Crippen LogP contribution in [-0.2, 0) is 0 Å². The quantitative estimate of drug-likeness (QED) is 0.630. The molecule has 0 aromatic rings. The number of hydrogen-bond acceptors (Lipinski definition) is 1. The molecule has 0 saturated heterocycles. The topological polar surface area (TPSA) is 20.2 Å². The third-order valence-electron chi connectivity index (χ3n) is 7.63. The molecule has 1 N–H and O–H groups in total. The van der Waals surface area contributed by atoms with E-state index in [-0.39, 0.29) is 6.10 Å². The van der Waals surface area contributed by atoms with E-state index in [1.807, 2.05) is 0 Å². The zero-order valence-corrected chi connectivity index (χ0v) is 13.6. The van der Waals surface area contributed by atoms with Crippen LogP contribution in [0, 0.1) is 29.1 Å². The van der Waals surface area contributed by atoms with Gasteiger partial charge in [0.05, 0.1) is 6.10 Å². The molecule has 4 aliphatic rings. The van der Waals surface area contributed by atoms with Gasteiger partial charge in [0.25, 0.3) is 0 Å². The second-order valence-electron chi connectivity index (χ2n) is 8.27. The van der Waals surface area contributed by atoms with Gasteiger partial charge in [-0.3, -0.25) is 0 Å². The average molecular weight is 286 g/mol. The van der Waals surface area contributed by atoms with Gasteiger partial charge in [-0.15, -0.1) is 0 Å². The predicted octanol–water partition coefficient (Wildman–Crippen LogP) is 4.87. The number of fused-ring (bicyclic) bond motifs is 5. The molecule has 4 rings (SSSR count). The molecule has 3 fully saturated rings. The molecular formula is C20H30O. The SMILES string of the molecule is C/C=C1\CCC2C3CCC4=CC(O)CCC4C3CC[C@@]12C. The van der Waals surface area contributed by atoms with Crippen molar-refractivity contribution in [2.45, 2.75) is 71.3 Å². The second kappa shape index (κ2) is 4.98. The first-order chi connectivity index (χ1) is 10.1. The lowest BCUT2D eigenvalue weighted by Gasteiger charge is -2.53. The summed E-state index contributed by atoms with van der Waals surface area (Å²) in [5.41, 5.74) is 3.89. The number of aliphatic hydroxyl groups is 1. The molecule has 0 radical (unpaired) electrons. The van der Waals surface area contributed by atoms with E-state index in [1.54, 1.807) is 11.1 Å². The van der Waals surface area contributed by atoms with Crippen LogP contribution in [0.15, 0.2) is 23.3 Å². The molecule has 3 saturated carbocycles. The number of hydrogen-bond donors (Lipinski definition) is 1. The Bertz CT molecular complexity index is 488. The minimum atomic E-state index is -0.150. The van der Waals surface area contributed by atoms with Crippen LogP contribution in [-0.4, -0.2) is 11.2 Å². The fourth-order valence-corrected chi connectivity index (χ4v) is 6.63. The van der Waals surface area contributed by atoms with Gasteiger partial charge in [0, 0.05) is 0 Å². The van der Waals surface area contributed by atoms with Crippen LogP contribution in [0.4, 0.5) is 0 Å². The predicted molar refractivity (Wildman–Crippen MR) is 86.8 cm³/mol. The fourth-order valence-electron chi connectivity index (χ4n) is 6.63. The maximum Gasteiger partial charge on any atom is 0.0723 e. The summed E-state index contributed by atoms with van der Waals surface area (Å²) in [5, 5.41) is 9.92. The van der Waals surface area contributed by atoms with Crippen molar-refractivity contribution in [3.8, 4) is 0 Å². The van der Waals surface area contributed by atoms with Crippen LogP contribution in [0.25, 0.3) is 0 Å². The molecule has 0 aliphatic heterocycles. The maximum absolute atomic E-state index is 9.92. The molecule has 1 heteroatoms. The molecule has 116 valence electrons. The fraction of sp³-hybridized carbons (Fsp3) is 0.800. The largest absolute Gasteiger partial charge is 0.389 e. The molecule has 4 aliphatic carbocycles. The van der Waals surface area contributed by atoms with Crippen LogP contribution < -0.4 is 0 Å². The zero-order chi connectivity index (χ0) is 14.6. The van der Waals surface area contributed by atoms with Crippen molar-refractivity contribution in [1.29, 1.82) is 0 Å². The summed E-state index contributed by atoms with van der Waals surface area (Å²) in [6.07, 6.45) is 15.0. The van der Waals surface area contributed by atoms with E-state index in [4.69, 9.17) is 0 Å². The molecule has 21 heavy (non-hydrogen) atoms. The van der Waals surface area contributed by atoms with Crippen molar-refractivity contribution in [3.05, 3.63) is 23.3 Å². The van der Waals surface area contributed by atoms with Crippen molar-refractivity contribution in [2.75, 3.05) is 0 Å². The Balaban J connectivity index is 1.63. The Kier molecular flexibility index (Phi) is 3.33. The van der Waals surface area contributed by atoms with Gasteiger partial charge >= 0.3 is 0 Å². The molecule has 5 unspecified atom stereocenters. The Morgan fingerprint density at radius 2 is 1.95 bits per heavy atom. The summed E-state index contributed by atoms with van der Waals surface area (Å²) >= 11 is 0. The standard InChI is InChI=1S/C20H30O/c1-3-14-5-9-19-18-7-4-13-12-15(21)6-8-16(13)17(18)10-11-20(14,19)2/h3,12,15-19,21H,4-11H2,1-2H3/b14-3+/t15?,16?,17?,18?,19?,20-/m0/s1. The van der Waals surface area contributed by atoms with E-state index in [1.165, 1.54) is 44.9 Å². The second-order valence-corrected chi connectivity index (χ2v) is 8.27. The van der Waals surface area contributed by atoms with Crippen molar-refractivity contribution in [3.63, 3.8) is 0 Å². The molecule has 0 spiro atoms. The summed E-state index contributed by atoms with van der Waals surface area (Å²) in [6.45, 7) is 4.81. The van der Waals surface area contributed by atoms with Gasteiger partial charge < -0.3 is 5.11 Å². The molecule has 0 bridgehead atoms. The van der Waals surface area contributed by atoms with Crippen molar-refractivity contribution < 1.29 is 5.11 Å². The Hall–Kier alpha value is -0.560. The maximum atomic E-state index is 9.92. The van der Waals surface area contributed by atoms with E-state index in [0.29, 0.717) is 5.41 Å². The number of allylic oxidation sites excluding steroid dienone is 3. The molecule has 0 aromatic carbocycles. The van der Waals surface area contributed by atoms with Gasteiger partial charge in [0.15, 0.2) is 0 Å². The lowest BCUT2D eigenvalue weighted by molar-refractivity contribution is 0.00827. The van der Waals surface area contributed by atoms with Crippen LogP contribution >= 0.6 is 0 Å². The first kappa shape index (κ1) is 14.1. The third-order valence-corrected chi connectivity index (χ3v) is 7.63. The number of aliphatic hydroxyl groups excluding tert-OH is 1. The van der Waals surface area contributed by atoms with Gasteiger partial charge in [0.2, 0.25) is 0 Å². The molecular weight excluding hydrogens is 256 g/mol. The van der Waals surface area contributed by atoms with Crippen LogP contribution in [0.5, 0.6) is 0 Å². The highest BCUT2D eigenvalue weighted by Crippen LogP contribution is 2.63. The normalized spacial score (nSPS) is 51.1. The van der Waals surface area contributed by atoms with E-state index in [2.05, 4.69) is 26.0 Å². The first-order valence-electron chi connectivity index (χ1n) is 9.18. The summed E-state index contributed by atoms with van der Waals surface area (Å²) in [7, 11) is 0. The highest BCUT2D eigenvalue weighted by molar-refractivity contribution is 5.26. The van der Waals surface area contributed by atoms with Gasteiger partial charge in [-0.25, -0.2) is 0 Å². The van der Waals surface area contributed by atoms with E-state index in [0.717, 1.165) is 30.1 Å². The van der Waals surface area contributed by atoms with Crippen molar-refractivity contribution in [1.82, 2.24) is 0 Å². The van der Waals surface area contributed by atoms with Crippen molar-refractivity contribution in [2.24, 2.45) is 29.1 Å². The lowest BCUT2D eigenvalue weighted by atomic mass is 9.52. The first-order valence-corrected chi connectivity index (χ1v) is 9.18. The monoisotopic (exact) mass is 286 g/mol. The third kappa shape index (κ3) is 2.00. The highest BCUT2D eigenvalue weighted by Gasteiger charge is 2.53. The smallest absolute Gasteiger partial charge is 0.0723 e. The van der Waals surface area contributed by atoms with E-state index < -0.39 is 0 Å². The van der Waals surface area contributed by atoms with Gasteiger partial charge in [-0.2, -0.15) is 0 Å². The molecule has 0 aromatic heterocycles. The summed E-state index contributed by atoms with van der Waals surface area (Å²) < 4.78 is 0. The molecule has 6 atom stereocenters. The molecule has 1 nitrogen and oxygen atoms in total. The van der Waals surface area contributed by atoms with Gasteiger partial charge in [-0.1, -0.05) is 30.2 Å². The summed E-state index contributed by atoms with van der Waals surface area (Å²) in [4.78, 5) is 0. The Morgan fingerprint density at radius 3 is 2.76 bits per heavy atom. The van der Waals surface area contributed by atoms with E-state index in [9.17, 15) is 5.11 Å². The molecule has 0 amide bonds. The summed E-state index contributed by atoms with van der Waals surface area (Å²) in [6, 6.07) is 0. The summed E-state index contributed by atoms with van der Waals surface area (Å²) in [5.74, 6) is 3.63. The minimum absolute atomic E-state index is 0.150. The molecule has 0 heterocycles. The van der Waals surface area contributed by atoms with Gasteiger partial charge in [0.1, 0.15) is 0 Å². The van der Waals surface area contributed by atoms with Crippen molar-refractivity contribution >= 4 is 0 Å². The Morgan fingerprint density at radius 1 is 1.10 bits per heavy atom. The minimum Gasteiger partial charge on any atom is -0.389 e. The Labute approximate surface area is 129 Å².